The van der Waals surface area contributed by atoms with Gasteiger partial charge in [0.25, 0.3) is 5.91 Å². The zero-order chi connectivity index (χ0) is 21.0. The van der Waals surface area contributed by atoms with Crippen LogP contribution in [0.5, 0.6) is 11.5 Å². The molecule has 8 heteroatoms. The zero-order valence-corrected chi connectivity index (χ0v) is 16.1. The highest BCUT2D eigenvalue weighted by Crippen LogP contribution is 2.32. The summed E-state index contributed by atoms with van der Waals surface area (Å²) in [5, 5.41) is 14.2. The van der Waals surface area contributed by atoms with Crippen molar-refractivity contribution in [1.82, 2.24) is 10.4 Å². The Kier molecular flexibility index (Phi) is 5.73. The van der Waals surface area contributed by atoms with Crippen molar-refractivity contribution >= 4 is 29.0 Å². The third kappa shape index (κ3) is 4.01. The molecule has 3 aromatic rings. The average Bonchev–Trinajstić information content (AvgIpc) is 2.72. The van der Waals surface area contributed by atoms with E-state index < -0.39 is 11.9 Å². The van der Waals surface area contributed by atoms with Crippen LogP contribution in [0.1, 0.15) is 32.0 Å². The summed E-state index contributed by atoms with van der Waals surface area (Å²) in [6, 6.07) is 12.1. The third-order valence-corrected chi connectivity index (χ3v) is 4.25. The summed E-state index contributed by atoms with van der Waals surface area (Å²) in [4.78, 5) is 28.7. The second kappa shape index (κ2) is 8.39. The van der Waals surface area contributed by atoms with Gasteiger partial charge in [0.1, 0.15) is 5.56 Å². The molecule has 8 nitrogen and oxygen atoms in total. The first-order valence-electron chi connectivity index (χ1n) is 8.64. The first-order valence-corrected chi connectivity index (χ1v) is 8.64. The van der Waals surface area contributed by atoms with Crippen molar-refractivity contribution in [2.24, 2.45) is 5.10 Å². The molecule has 3 rings (SSSR count). The van der Waals surface area contributed by atoms with Gasteiger partial charge >= 0.3 is 5.97 Å². The van der Waals surface area contributed by atoms with E-state index in [9.17, 15) is 14.7 Å². The number of amides is 1. The number of aromatic carboxylic acids is 1. The molecular weight excluding hydrogens is 374 g/mol. The Morgan fingerprint density at radius 1 is 1.14 bits per heavy atom. The van der Waals surface area contributed by atoms with Crippen molar-refractivity contribution in [3.63, 3.8) is 0 Å². The molecule has 1 amide bonds. The Balaban J connectivity index is 1.91. The van der Waals surface area contributed by atoms with Gasteiger partial charge in [0, 0.05) is 16.6 Å². The summed E-state index contributed by atoms with van der Waals surface area (Å²) in [5.74, 6) is -1.28. The van der Waals surface area contributed by atoms with Crippen LogP contribution in [0.4, 0.5) is 0 Å². The maximum Gasteiger partial charge on any atom is 0.340 e. The first-order chi connectivity index (χ1) is 14.0. The Bertz CT molecular complexity index is 1120. The zero-order valence-electron chi connectivity index (χ0n) is 16.1. The number of pyridine rings is 1. The van der Waals surface area contributed by atoms with Gasteiger partial charge in [-0.25, -0.2) is 10.2 Å². The minimum atomic E-state index is -1.20. The molecular formula is C21H19N3O5. The monoisotopic (exact) mass is 393 g/mol. The lowest BCUT2D eigenvalue weighted by Crippen LogP contribution is -2.19. The van der Waals surface area contributed by atoms with E-state index in [-0.39, 0.29) is 22.6 Å². The topological polar surface area (TPSA) is 110 Å². The Morgan fingerprint density at radius 3 is 2.59 bits per heavy atom. The summed E-state index contributed by atoms with van der Waals surface area (Å²) in [5.41, 5.74) is 4.41. The van der Waals surface area contributed by atoms with Crippen molar-refractivity contribution in [2.45, 2.75) is 6.92 Å². The molecule has 0 atom stereocenters. The fourth-order valence-corrected chi connectivity index (χ4v) is 2.99. The maximum absolute atomic E-state index is 12.6. The van der Waals surface area contributed by atoms with Crippen molar-refractivity contribution < 1.29 is 24.2 Å². The van der Waals surface area contributed by atoms with Gasteiger partial charge in [0.05, 0.1) is 31.5 Å². The molecule has 2 N–H and O–H groups in total. The van der Waals surface area contributed by atoms with E-state index in [0.29, 0.717) is 22.2 Å². The highest BCUT2D eigenvalue weighted by Gasteiger charge is 2.20. The van der Waals surface area contributed by atoms with Gasteiger partial charge < -0.3 is 14.6 Å². The van der Waals surface area contributed by atoms with Crippen molar-refractivity contribution in [3.8, 4) is 11.5 Å². The standard InChI is InChI=1S/C21H19N3O5/c1-12-10-15(14-6-4-5-7-16(14)23-12)20(25)24-22-11-13-8-9-17(28-2)19(29-3)18(13)21(26)27/h4-11H,1-3H3,(H,24,25)(H,26,27)/b22-11-. The van der Waals surface area contributed by atoms with E-state index in [1.807, 2.05) is 18.2 Å². The molecule has 29 heavy (non-hydrogen) atoms. The molecule has 0 radical (unpaired) electrons. The van der Waals surface area contributed by atoms with Crippen molar-refractivity contribution in [1.29, 1.82) is 0 Å². The summed E-state index contributed by atoms with van der Waals surface area (Å²) in [6.45, 7) is 1.80. The smallest absolute Gasteiger partial charge is 0.340 e. The van der Waals surface area contributed by atoms with E-state index in [1.54, 1.807) is 25.1 Å². The molecule has 148 valence electrons. The van der Waals surface area contributed by atoms with Crippen LogP contribution in [0.2, 0.25) is 0 Å². The number of fused-ring (bicyclic) bond motifs is 1. The second-order valence-electron chi connectivity index (χ2n) is 6.10. The lowest BCUT2D eigenvalue weighted by molar-refractivity contribution is 0.0692. The number of aromatic nitrogens is 1. The lowest BCUT2D eigenvalue weighted by Gasteiger charge is -2.12. The Morgan fingerprint density at radius 2 is 1.90 bits per heavy atom. The van der Waals surface area contributed by atoms with Gasteiger partial charge in [0.15, 0.2) is 11.5 Å². The predicted octanol–water partition coefficient (Wildman–Crippen LogP) is 3.02. The fourth-order valence-electron chi connectivity index (χ4n) is 2.99. The van der Waals surface area contributed by atoms with Crippen LogP contribution in [0, 0.1) is 6.92 Å². The van der Waals surface area contributed by atoms with Crippen LogP contribution in [-0.4, -0.2) is 42.4 Å². The molecule has 1 heterocycles. The summed E-state index contributed by atoms with van der Waals surface area (Å²) in [6.07, 6.45) is 1.25. The minimum Gasteiger partial charge on any atom is -0.493 e. The Labute approximate surface area is 166 Å². The maximum atomic E-state index is 12.6. The number of nitrogens with one attached hydrogen (secondary N) is 1. The van der Waals surface area contributed by atoms with Gasteiger partial charge in [-0.05, 0) is 31.2 Å². The van der Waals surface area contributed by atoms with Crippen LogP contribution < -0.4 is 14.9 Å². The Hall–Kier alpha value is -3.94. The van der Waals surface area contributed by atoms with Gasteiger partial charge in [-0.2, -0.15) is 5.10 Å². The van der Waals surface area contributed by atoms with Crippen LogP contribution in [0.25, 0.3) is 10.9 Å². The summed E-state index contributed by atoms with van der Waals surface area (Å²) < 4.78 is 10.3. The normalized spacial score (nSPS) is 10.9. The van der Waals surface area contributed by atoms with E-state index >= 15 is 0 Å². The first kappa shape index (κ1) is 19.8. The fraction of sp³-hybridized carbons (Fsp3) is 0.143. The number of carbonyl (C=O) groups is 2. The molecule has 0 saturated carbocycles. The number of ether oxygens (including phenoxy) is 2. The van der Waals surface area contributed by atoms with Crippen LogP contribution >= 0.6 is 0 Å². The number of methoxy groups -OCH3 is 2. The number of rotatable bonds is 6. The SMILES string of the molecule is COc1ccc(/C=N\NC(=O)c2cc(C)nc3ccccc23)c(C(=O)O)c1OC. The molecule has 0 aliphatic rings. The third-order valence-electron chi connectivity index (χ3n) is 4.25. The number of carboxylic acid groups (broad SMARTS) is 1. The van der Waals surface area contributed by atoms with E-state index in [1.165, 1.54) is 26.5 Å². The molecule has 0 aliphatic heterocycles. The molecule has 0 bridgehead atoms. The number of hydrazone groups is 1. The number of nitrogens with zero attached hydrogens (tertiary/aromatic N) is 2. The molecule has 0 aliphatic carbocycles. The number of hydrogen-bond acceptors (Lipinski definition) is 6. The van der Waals surface area contributed by atoms with Crippen LogP contribution in [0.3, 0.4) is 0 Å². The molecule has 0 fully saturated rings. The van der Waals surface area contributed by atoms with E-state index in [2.05, 4.69) is 15.5 Å². The predicted molar refractivity (Wildman–Crippen MR) is 108 cm³/mol. The van der Waals surface area contributed by atoms with Crippen LogP contribution in [0.15, 0.2) is 47.6 Å². The molecule has 1 aromatic heterocycles. The van der Waals surface area contributed by atoms with E-state index in [0.717, 1.165) is 0 Å². The number of carbonyl (C=O) groups excluding carboxylic acids is 1. The van der Waals surface area contributed by atoms with Gasteiger partial charge in [-0.15, -0.1) is 0 Å². The number of benzene rings is 2. The highest BCUT2D eigenvalue weighted by molar-refractivity contribution is 6.07. The van der Waals surface area contributed by atoms with Crippen LogP contribution in [-0.2, 0) is 0 Å². The molecule has 2 aromatic carbocycles. The van der Waals surface area contributed by atoms with Gasteiger partial charge in [-0.3, -0.25) is 9.78 Å². The minimum absolute atomic E-state index is 0.0750. The quantitative estimate of drug-likeness (QED) is 0.492. The molecule has 0 spiro atoms. The van der Waals surface area contributed by atoms with Crippen molar-refractivity contribution in [3.05, 3.63) is 64.8 Å². The molecule has 0 unspecified atom stereocenters. The van der Waals surface area contributed by atoms with Gasteiger partial charge in [-0.1, -0.05) is 18.2 Å². The summed E-state index contributed by atoms with van der Waals surface area (Å²) >= 11 is 0. The highest BCUT2D eigenvalue weighted by atomic mass is 16.5. The lowest BCUT2D eigenvalue weighted by atomic mass is 10.1. The van der Waals surface area contributed by atoms with Crippen molar-refractivity contribution in [2.75, 3.05) is 14.2 Å². The average molecular weight is 393 g/mol. The van der Waals surface area contributed by atoms with Gasteiger partial charge in [0.2, 0.25) is 0 Å². The van der Waals surface area contributed by atoms with E-state index in [4.69, 9.17) is 9.47 Å². The second-order valence-corrected chi connectivity index (χ2v) is 6.10. The largest absolute Gasteiger partial charge is 0.493 e. The number of carboxylic acids is 1. The number of hydrogen-bond donors (Lipinski definition) is 2. The summed E-state index contributed by atoms with van der Waals surface area (Å²) in [7, 11) is 2.77. The number of aryl methyl sites for hydroxylation is 1. The molecule has 0 saturated heterocycles. The number of para-hydroxylation sites is 1.